The van der Waals surface area contributed by atoms with E-state index in [1.807, 2.05) is 6.92 Å². The molecule has 0 aliphatic heterocycles. The van der Waals surface area contributed by atoms with E-state index in [0.29, 0.717) is 12.3 Å². The Morgan fingerprint density at radius 1 is 1.44 bits per heavy atom. The van der Waals surface area contributed by atoms with Crippen LogP contribution in [0.5, 0.6) is 0 Å². The molecule has 0 aliphatic rings. The average molecular weight is 134 g/mol. The molecule has 56 valence electrons. The third-order valence-corrected chi connectivity index (χ3v) is 1.39. The summed E-state index contributed by atoms with van der Waals surface area (Å²) in [6.07, 6.45) is 2.49. The standard InChI is InChI=1S/C7H15FO/c1-7(6-9)4-2-3-5-8/h7,9H,2-6H2,1H3. The van der Waals surface area contributed by atoms with Crippen molar-refractivity contribution in [2.75, 3.05) is 13.3 Å². The smallest absolute Gasteiger partial charge is 0.0894 e. The molecule has 0 spiro atoms. The van der Waals surface area contributed by atoms with E-state index < -0.39 is 0 Å². The van der Waals surface area contributed by atoms with Crippen molar-refractivity contribution < 1.29 is 9.50 Å². The van der Waals surface area contributed by atoms with E-state index in [1.165, 1.54) is 0 Å². The van der Waals surface area contributed by atoms with E-state index in [9.17, 15) is 4.39 Å². The molecule has 0 radical (unpaired) electrons. The maximum atomic E-state index is 11.5. The predicted octanol–water partition coefficient (Wildman–Crippen LogP) is 1.75. The van der Waals surface area contributed by atoms with Gasteiger partial charge in [0.1, 0.15) is 0 Å². The molecule has 0 rings (SSSR count). The largest absolute Gasteiger partial charge is 0.396 e. The molecular formula is C7H15FO. The second kappa shape index (κ2) is 6.02. The molecule has 0 heterocycles. The highest BCUT2D eigenvalue weighted by Gasteiger charge is 1.97. The fraction of sp³-hybridized carbons (Fsp3) is 1.00. The first-order chi connectivity index (χ1) is 4.31. The molecule has 0 fully saturated rings. The van der Waals surface area contributed by atoms with Gasteiger partial charge in [-0.1, -0.05) is 13.3 Å². The summed E-state index contributed by atoms with van der Waals surface area (Å²) in [6, 6.07) is 0. The minimum absolute atomic E-state index is 0.224. The third-order valence-electron chi connectivity index (χ3n) is 1.39. The van der Waals surface area contributed by atoms with Crippen LogP contribution >= 0.6 is 0 Å². The van der Waals surface area contributed by atoms with Gasteiger partial charge in [-0.2, -0.15) is 0 Å². The quantitative estimate of drug-likeness (QED) is 0.568. The van der Waals surface area contributed by atoms with Crippen molar-refractivity contribution in [2.24, 2.45) is 5.92 Å². The van der Waals surface area contributed by atoms with Crippen LogP contribution < -0.4 is 0 Å². The minimum Gasteiger partial charge on any atom is -0.396 e. The summed E-state index contributed by atoms with van der Waals surface area (Å²) >= 11 is 0. The molecule has 0 aliphatic carbocycles. The number of rotatable bonds is 5. The van der Waals surface area contributed by atoms with Crippen LogP contribution in [0.25, 0.3) is 0 Å². The summed E-state index contributed by atoms with van der Waals surface area (Å²) < 4.78 is 11.5. The molecule has 0 saturated heterocycles. The number of alkyl halides is 1. The highest BCUT2D eigenvalue weighted by Crippen LogP contribution is 2.05. The van der Waals surface area contributed by atoms with Gasteiger partial charge in [-0.25, -0.2) is 0 Å². The van der Waals surface area contributed by atoms with Crippen molar-refractivity contribution >= 4 is 0 Å². The van der Waals surface area contributed by atoms with Crippen molar-refractivity contribution in [1.82, 2.24) is 0 Å². The van der Waals surface area contributed by atoms with E-state index in [-0.39, 0.29) is 13.3 Å². The summed E-state index contributed by atoms with van der Waals surface area (Å²) in [4.78, 5) is 0. The number of aliphatic hydroxyl groups excluding tert-OH is 1. The minimum atomic E-state index is -0.224. The summed E-state index contributed by atoms with van der Waals surface area (Å²) in [5.74, 6) is 0.344. The fourth-order valence-corrected chi connectivity index (χ4v) is 0.679. The molecule has 1 nitrogen and oxygen atoms in total. The van der Waals surface area contributed by atoms with Gasteiger partial charge in [-0.05, 0) is 18.8 Å². The van der Waals surface area contributed by atoms with E-state index >= 15 is 0 Å². The zero-order valence-electron chi connectivity index (χ0n) is 5.94. The zero-order chi connectivity index (χ0) is 7.11. The van der Waals surface area contributed by atoms with Crippen LogP contribution in [-0.4, -0.2) is 18.4 Å². The number of hydrogen-bond acceptors (Lipinski definition) is 1. The first-order valence-corrected chi connectivity index (χ1v) is 3.48. The Morgan fingerprint density at radius 3 is 2.56 bits per heavy atom. The van der Waals surface area contributed by atoms with Crippen LogP contribution in [0.2, 0.25) is 0 Å². The first kappa shape index (κ1) is 8.89. The molecule has 1 unspecified atom stereocenters. The van der Waals surface area contributed by atoms with E-state index in [0.717, 1.165) is 12.8 Å². The fourth-order valence-electron chi connectivity index (χ4n) is 0.679. The van der Waals surface area contributed by atoms with Gasteiger partial charge in [-0.15, -0.1) is 0 Å². The van der Waals surface area contributed by atoms with Crippen LogP contribution in [0.15, 0.2) is 0 Å². The van der Waals surface area contributed by atoms with Gasteiger partial charge in [0.15, 0.2) is 0 Å². The van der Waals surface area contributed by atoms with E-state index in [4.69, 9.17) is 5.11 Å². The Kier molecular flexibility index (Phi) is 5.94. The van der Waals surface area contributed by atoms with Gasteiger partial charge in [0.05, 0.1) is 6.67 Å². The SMILES string of the molecule is CC(CO)CCCCF. The van der Waals surface area contributed by atoms with Crippen LogP contribution in [0.1, 0.15) is 26.2 Å². The lowest BCUT2D eigenvalue weighted by Crippen LogP contribution is -1.99. The van der Waals surface area contributed by atoms with Crippen molar-refractivity contribution in [3.63, 3.8) is 0 Å². The molecule has 0 bridgehead atoms. The van der Waals surface area contributed by atoms with Crippen molar-refractivity contribution in [3.05, 3.63) is 0 Å². The molecular weight excluding hydrogens is 119 g/mol. The lowest BCUT2D eigenvalue weighted by molar-refractivity contribution is 0.226. The van der Waals surface area contributed by atoms with Crippen molar-refractivity contribution in [3.8, 4) is 0 Å². The predicted molar refractivity (Wildman–Crippen MR) is 36.1 cm³/mol. The molecule has 0 saturated carbocycles. The Bertz CT molecular complexity index is 56.9. The summed E-state index contributed by atoms with van der Waals surface area (Å²) in [5, 5.41) is 8.54. The second-order valence-corrected chi connectivity index (χ2v) is 2.47. The molecule has 9 heavy (non-hydrogen) atoms. The van der Waals surface area contributed by atoms with E-state index in [2.05, 4.69) is 0 Å². The van der Waals surface area contributed by atoms with Crippen LogP contribution in [0.4, 0.5) is 4.39 Å². The summed E-state index contributed by atoms with van der Waals surface area (Å²) in [7, 11) is 0. The van der Waals surface area contributed by atoms with Crippen LogP contribution in [0.3, 0.4) is 0 Å². The average Bonchev–Trinajstić information content (AvgIpc) is 1.89. The van der Waals surface area contributed by atoms with E-state index in [1.54, 1.807) is 0 Å². The van der Waals surface area contributed by atoms with Gasteiger partial charge >= 0.3 is 0 Å². The molecule has 1 N–H and O–H groups in total. The molecule has 0 aromatic rings. The highest BCUT2D eigenvalue weighted by molar-refractivity contribution is 4.49. The maximum Gasteiger partial charge on any atom is 0.0894 e. The third kappa shape index (κ3) is 5.77. The number of hydrogen-bond donors (Lipinski definition) is 1. The van der Waals surface area contributed by atoms with Gasteiger partial charge < -0.3 is 5.11 Å². The van der Waals surface area contributed by atoms with Crippen LogP contribution in [0, 0.1) is 5.92 Å². The Labute approximate surface area is 55.9 Å². The van der Waals surface area contributed by atoms with Crippen molar-refractivity contribution in [2.45, 2.75) is 26.2 Å². The Morgan fingerprint density at radius 2 is 2.11 bits per heavy atom. The molecule has 0 aromatic heterocycles. The van der Waals surface area contributed by atoms with Crippen LogP contribution in [-0.2, 0) is 0 Å². The molecule has 1 atom stereocenters. The summed E-state index contributed by atoms with van der Waals surface area (Å²) in [5.41, 5.74) is 0. The van der Waals surface area contributed by atoms with Gasteiger partial charge in [0.2, 0.25) is 0 Å². The molecule has 0 amide bonds. The highest BCUT2D eigenvalue weighted by atomic mass is 19.1. The molecule has 0 aromatic carbocycles. The number of aliphatic hydroxyl groups is 1. The monoisotopic (exact) mass is 134 g/mol. The zero-order valence-corrected chi connectivity index (χ0v) is 5.94. The Balaban J connectivity index is 2.88. The van der Waals surface area contributed by atoms with Gasteiger partial charge in [0.25, 0.3) is 0 Å². The topological polar surface area (TPSA) is 20.2 Å². The molecule has 2 heteroatoms. The normalized spacial score (nSPS) is 13.7. The lowest BCUT2D eigenvalue weighted by Gasteiger charge is -2.04. The Hall–Kier alpha value is -0.110. The summed E-state index contributed by atoms with van der Waals surface area (Å²) in [6.45, 7) is 1.97. The van der Waals surface area contributed by atoms with Gasteiger partial charge in [0, 0.05) is 6.61 Å². The lowest BCUT2D eigenvalue weighted by atomic mass is 10.1. The van der Waals surface area contributed by atoms with Gasteiger partial charge in [-0.3, -0.25) is 4.39 Å². The second-order valence-electron chi connectivity index (χ2n) is 2.47. The number of halogens is 1. The first-order valence-electron chi connectivity index (χ1n) is 3.48. The maximum absolute atomic E-state index is 11.5. The number of unbranched alkanes of at least 4 members (excludes halogenated alkanes) is 1. The van der Waals surface area contributed by atoms with Crippen molar-refractivity contribution in [1.29, 1.82) is 0 Å².